The van der Waals surface area contributed by atoms with Crippen LogP contribution in [0.3, 0.4) is 0 Å². The third-order valence-corrected chi connectivity index (χ3v) is 2.06. The number of amides is 1. The van der Waals surface area contributed by atoms with Crippen molar-refractivity contribution in [3.8, 4) is 0 Å². The molecule has 1 atom stereocenters. The van der Waals surface area contributed by atoms with E-state index in [-0.39, 0.29) is 12.5 Å². The van der Waals surface area contributed by atoms with Crippen molar-refractivity contribution in [1.29, 1.82) is 0 Å². The molecule has 1 rings (SSSR count). The largest absolute Gasteiger partial charge is 0.468 e. The van der Waals surface area contributed by atoms with Gasteiger partial charge >= 0.3 is 5.97 Å². The number of hydrogen-bond donors (Lipinski definition) is 2. The second-order valence-electron chi connectivity index (χ2n) is 3.37. The second-order valence-corrected chi connectivity index (χ2v) is 3.37. The molecule has 1 aromatic heterocycles. The molecule has 0 bridgehead atoms. The summed E-state index contributed by atoms with van der Waals surface area (Å²) in [6.07, 6.45) is 1.63. The lowest BCUT2D eigenvalue weighted by molar-refractivity contribution is -0.141. The van der Waals surface area contributed by atoms with Crippen LogP contribution in [0.15, 0.2) is 24.4 Å². The quantitative estimate of drug-likeness (QED) is 0.714. The number of carbonyl (C=O) groups excluding carboxylic acids is 2. The number of nitrogens with one attached hydrogen (secondary N) is 2. The van der Waals surface area contributed by atoms with E-state index in [2.05, 4.69) is 20.4 Å². The maximum absolute atomic E-state index is 11.6. The van der Waals surface area contributed by atoms with E-state index in [9.17, 15) is 9.59 Å². The highest BCUT2D eigenvalue weighted by Gasteiger charge is 2.13. The van der Waals surface area contributed by atoms with Gasteiger partial charge in [0.05, 0.1) is 7.11 Å². The molecule has 0 aliphatic carbocycles. The van der Waals surface area contributed by atoms with Crippen LogP contribution < -0.4 is 10.6 Å². The SMILES string of the molecule is COC(=O)CNC(=O)[C@H](C)Nc1ccccn1. The van der Waals surface area contributed by atoms with Crippen molar-refractivity contribution >= 4 is 17.7 Å². The summed E-state index contributed by atoms with van der Waals surface area (Å²) in [5.41, 5.74) is 0. The Morgan fingerprint density at radius 3 is 2.82 bits per heavy atom. The van der Waals surface area contributed by atoms with Crippen molar-refractivity contribution in [3.63, 3.8) is 0 Å². The molecule has 6 nitrogen and oxygen atoms in total. The van der Waals surface area contributed by atoms with Crippen molar-refractivity contribution in [2.45, 2.75) is 13.0 Å². The summed E-state index contributed by atoms with van der Waals surface area (Å²) in [4.78, 5) is 26.4. The molecule has 92 valence electrons. The van der Waals surface area contributed by atoms with Gasteiger partial charge in [0, 0.05) is 6.20 Å². The number of ether oxygens (including phenoxy) is 1. The van der Waals surface area contributed by atoms with E-state index in [0.29, 0.717) is 5.82 Å². The van der Waals surface area contributed by atoms with Gasteiger partial charge < -0.3 is 15.4 Å². The molecule has 1 heterocycles. The van der Waals surface area contributed by atoms with Crippen LogP contribution in [0.4, 0.5) is 5.82 Å². The predicted octanol–water partition coefficient (Wildman–Crippen LogP) is 0.171. The number of methoxy groups -OCH3 is 1. The topological polar surface area (TPSA) is 80.3 Å². The number of aromatic nitrogens is 1. The Morgan fingerprint density at radius 1 is 1.47 bits per heavy atom. The molecule has 0 saturated carbocycles. The Balaban J connectivity index is 2.40. The van der Waals surface area contributed by atoms with Crippen molar-refractivity contribution in [3.05, 3.63) is 24.4 Å². The smallest absolute Gasteiger partial charge is 0.325 e. The van der Waals surface area contributed by atoms with Crippen LogP contribution in [0, 0.1) is 0 Å². The molecule has 0 saturated heterocycles. The van der Waals surface area contributed by atoms with E-state index >= 15 is 0 Å². The summed E-state index contributed by atoms with van der Waals surface area (Å²) in [5.74, 6) is -0.169. The molecule has 0 unspecified atom stereocenters. The Morgan fingerprint density at radius 2 is 2.24 bits per heavy atom. The number of esters is 1. The number of hydrogen-bond acceptors (Lipinski definition) is 5. The van der Waals surface area contributed by atoms with E-state index in [1.54, 1.807) is 25.3 Å². The normalized spacial score (nSPS) is 11.4. The summed E-state index contributed by atoms with van der Waals surface area (Å²) in [6.45, 7) is 1.55. The monoisotopic (exact) mass is 237 g/mol. The van der Waals surface area contributed by atoms with Gasteiger partial charge in [0.15, 0.2) is 0 Å². The highest BCUT2D eigenvalue weighted by molar-refractivity contribution is 5.87. The average Bonchev–Trinajstić information content (AvgIpc) is 2.36. The third-order valence-electron chi connectivity index (χ3n) is 2.06. The van der Waals surface area contributed by atoms with Gasteiger partial charge in [-0.15, -0.1) is 0 Å². The van der Waals surface area contributed by atoms with E-state index < -0.39 is 12.0 Å². The molecule has 0 radical (unpaired) electrons. The summed E-state index contributed by atoms with van der Waals surface area (Å²) in [7, 11) is 1.27. The number of nitrogens with zero attached hydrogens (tertiary/aromatic N) is 1. The molecule has 17 heavy (non-hydrogen) atoms. The van der Waals surface area contributed by atoms with Gasteiger partial charge in [0.1, 0.15) is 18.4 Å². The standard InChI is InChI=1S/C11H15N3O3/c1-8(11(16)13-7-10(15)17-2)14-9-5-3-4-6-12-9/h3-6,8H,7H2,1-2H3,(H,12,14)(H,13,16)/t8-/m0/s1. The van der Waals surface area contributed by atoms with Gasteiger partial charge in [-0.2, -0.15) is 0 Å². The van der Waals surface area contributed by atoms with Gasteiger partial charge in [0.2, 0.25) is 5.91 Å². The minimum atomic E-state index is -0.483. The fraction of sp³-hybridized carbons (Fsp3) is 0.364. The molecular weight excluding hydrogens is 222 g/mol. The Hall–Kier alpha value is -2.11. The van der Waals surface area contributed by atoms with Gasteiger partial charge in [-0.05, 0) is 19.1 Å². The highest BCUT2D eigenvalue weighted by Crippen LogP contribution is 2.02. The molecular formula is C11H15N3O3. The van der Waals surface area contributed by atoms with Crippen LogP contribution in [0.1, 0.15) is 6.92 Å². The van der Waals surface area contributed by atoms with Crippen LogP contribution in [0.5, 0.6) is 0 Å². The summed E-state index contributed by atoms with van der Waals surface area (Å²) in [6, 6.07) is 4.88. The van der Waals surface area contributed by atoms with Crippen LogP contribution in [0.25, 0.3) is 0 Å². The molecule has 0 aromatic carbocycles. The average molecular weight is 237 g/mol. The van der Waals surface area contributed by atoms with Crippen molar-refractivity contribution in [2.75, 3.05) is 19.0 Å². The lowest BCUT2D eigenvalue weighted by Gasteiger charge is -2.13. The van der Waals surface area contributed by atoms with Gasteiger partial charge in [-0.25, -0.2) is 4.98 Å². The van der Waals surface area contributed by atoms with Crippen LogP contribution in [0.2, 0.25) is 0 Å². The Kier molecular flexibility index (Phi) is 4.93. The fourth-order valence-electron chi connectivity index (χ4n) is 1.12. The molecule has 0 aliphatic rings. The number of carbonyl (C=O) groups is 2. The lowest BCUT2D eigenvalue weighted by atomic mass is 10.3. The van der Waals surface area contributed by atoms with Crippen molar-refractivity contribution in [2.24, 2.45) is 0 Å². The first-order chi connectivity index (χ1) is 8.13. The molecule has 0 spiro atoms. The molecule has 1 aromatic rings. The zero-order chi connectivity index (χ0) is 12.7. The number of rotatable bonds is 5. The highest BCUT2D eigenvalue weighted by atomic mass is 16.5. The lowest BCUT2D eigenvalue weighted by Crippen LogP contribution is -2.40. The maximum atomic E-state index is 11.6. The number of pyridine rings is 1. The van der Waals surface area contributed by atoms with E-state index in [1.165, 1.54) is 7.11 Å². The van der Waals surface area contributed by atoms with Gasteiger partial charge in [-0.1, -0.05) is 6.07 Å². The zero-order valence-electron chi connectivity index (χ0n) is 9.77. The zero-order valence-corrected chi connectivity index (χ0v) is 9.77. The maximum Gasteiger partial charge on any atom is 0.325 e. The summed E-state index contributed by atoms with van der Waals surface area (Å²) in [5, 5.41) is 5.36. The molecule has 1 amide bonds. The van der Waals surface area contributed by atoms with E-state index in [4.69, 9.17) is 0 Å². The van der Waals surface area contributed by atoms with Crippen LogP contribution in [-0.4, -0.2) is 36.6 Å². The van der Waals surface area contributed by atoms with E-state index in [1.807, 2.05) is 6.07 Å². The first kappa shape index (κ1) is 13.0. The second kappa shape index (κ2) is 6.47. The first-order valence-electron chi connectivity index (χ1n) is 5.15. The molecule has 2 N–H and O–H groups in total. The third kappa shape index (κ3) is 4.50. The van der Waals surface area contributed by atoms with Crippen molar-refractivity contribution < 1.29 is 14.3 Å². The predicted molar refractivity (Wildman–Crippen MR) is 62.3 cm³/mol. The minimum Gasteiger partial charge on any atom is -0.468 e. The van der Waals surface area contributed by atoms with Crippen LogP contribution >= 0.6 is 0 Å². The van der Waals surface area contributed by atoms with E-state index in [0.717, 1.165) is 0 Å². The Bertz CT molecular complexity index is 381. The molecule has 0 fully saturated rings. The summed E-state index contributed by atoms with van der Waals surface area (Å²) >= 11 is 0. The number of anilines is 1. The van der Waals surface area contributed by atoms with Crippen LogP contribution in [-0.2, 0) is 14.3 Å². The molecule has 0 aliphatic heterocycles. The Labute approximate surface area is 99.4 Å². The minimum absolute atomic E-state index is 0.135. The first-order valence-corrected chi connectivity index (χ1v) is 5.15. The van der Waals surface area contributed by atoms with Gasteiger partial charge in [0.25, 0.3) is 0 Å². The fourth-order valence-corrected chi connectivity index (χ4v) is 1.12. The molecule has 6 heteroatoms. The van der Waals surface area contributed by atoms with Gasteiger partial charge in [-0.3, -0.25) is 9.59 Å². The summed E-state index contributed by atoms with van der Waals surface area (Å²) < 4.78 is 4.41. The van der Waals surface area contributed by atoms with Crippen molar-refractivity contribution in [1.82, 2.24) is 10.3 Å².